The molecule has 166 valence electrons. The molecule has 4 rings (SSSR count). The van der Waals surface area contributed by atoms with Crippen molar-refractivity contribution in [2.75, 3.05) is 11.9 Å². The van der Waals surface area contributed by atoms with Crippen molar-refractivity contribution >= 4 is 16.6 Å². The number of nitrogens with zero attached hydrogens (tertiary/aromatic N) is 2. The molecule has 10 heteroatoms. The number of fused-ring (bicyclic) bond motifs is 1. The summed E-state index contributed by atoms with van der Waals surface area (Å²) < 4.78 is 83.8. The standard InChI is InChI=1S/C22H15F6N3O/c23-15-5-7-16(8-6-15)31-19-9-4-14(10-13(19)11-30-31)21(32,22(26,27)28)12-29-20-17(24)2-1-3-18(20)25/h1-11,29,32H,12H2. The van der Waals surface area contributed by atoms with Crippen LogP contribution < -0.4 is 5.32 Å². The third kappa shape index (κ3) is 3.77. The summed E-state index contributed by atoms with van der Waals surface area (Å²) >= 11 is 0. The fourth-order valence-corrected chi connectivity index (χ4v) is 3.33. The molecule has 1 aromatic heterocycles. The molecule has 2 N–H and O–H groups in total. The summed E-state index contributed by atoms with van der Waals surface area (Å²) in [5.74, 6) is -2.64. The van der Waals surface area contributed by atoms with Gasteiger partial charge in [0, 0.05) is 5.39 Å². The normalized spacial score (nSPS) is 13.8. The van der Waals surface area contributed by atoms with Gasteiger partial charge in [0.1, 0.15) is 23.1 Å². The van der Waals surface area contributed by atoms with Crippen LogP contribution in [0.3, 0.4) is 0 Å². The van der Waals surface area contributed by atoms with Crippen LogP contribution in [0.25, 0.3) is 16.6 Å². The lowest BCUT2D eigenvalue weighted by molar-refractivity contribution is -0.260. The zero-order chi connectivity index (χ0) is 23.1. The van der Waals surface area contributed by atoms with Gasteiger partial charge in [-0.1, -0.05) is 12.1 Å². The second-order valence-electron chi connectivity index (χ2n) is 7.11. The number of hydrogen-bond donors (Lipinski definition) is 2. The molecule has 0 amide bonds. The molecule has 4 aromatic rings. The number of rotatable bonds is 5. The first-order valence-corrected chi connectivity index (χ1v) is 9.31. The summed E-state index contributed by atoms with van der Waals surface area (Å²) in [4.78, 5) is 0. The Morgan fingerprint density at radius 1 is 0.906 bits per heavy atom. The lowest BCUT2D eigenvalue weighted by Gasteiger charge is -2.31. The van der Waals surface area contributed by atoms with Gasteiger partial charge in [-0.05, 0) is 54.1 Å². The van der Waals surface area contributed by atoms with Crippen LogP contribution >= 0.6 is 0 Å². The van der Waals surface area contributed by atoms with Crippen LogP contribution in [0, 0.1) is 17.5 Å². The van der Waals surface area contributed by atoms with Gasteiger partial charge in [-0.25, -0.2) is 17.9 Å². The smallest absolute Gasteiger partial charge is 0.377 e. The molecular weight excluding hydrogens is 436 g/mol. The molecule has 0 aliphatic heterocycles. The van der Waals surface area contributed by atoms with E-state index in [1.807, 2.05) is 5.32 Å². The second kappa shape index (κ2) is 7.86. The fraction of sp³-hybridized carbons (Fsp3) is 0.136. The van der Waals surface area contributed by atoms with Gasteiger partial charge in [-0.2, -0.15) is 18.3 Å². The molecular formula is C22H15F6N3O. The van der Waals surface area contributed by atoms with E-state index in [4.69, 9.17) is 0 Å². The summed E-state index contributed by atoms with van der Waals surface area (Å²) in [5.41, 5.74) is -3.87. The van der Waals surface area contributed by atoms with Crippen molar-refractivity contribution < 1.29 is 31.4 Å². The lowest BCUT2D eigenvalue weighted by Crippen LogP contribution is -2.48. The van der Waals surface area contributed by atoms with Crippen molar-refractivity contribution in [1.29, 1.82) is 0 Å². The Morgan fingerprint density at radius 3 is 2.19 bits per heavy atom. The van der Waals surface area contributed by atoms with E-state index >= 15 is 0 Å². The van der Waals surface area contributed by atoms with Gasteiger partial charge < -0.3 is 10.4 Å². The SMILES string of the molecule is OC(CNc1c(F)cccc1F)(c1ccc2c(cnn2-c2ccc(F)cc2)c1)C(F)(F)F. The highest BCUT2D eigenvalue weighted by Crippen LogP contribution is 2.40. The predicted octanol–water partition coefficient (Wildman–Crippen LogP) is 5.30. The van der Waals surface area contributed by atoms with Crippen LogP contribution in [0.15, 0.2) is 66.9 Å². The van der Waals surface area contributed by atoms with Gasteiger partial charge in [0.05, 0.1) is 23.9 Å². The highest BCUT2D eigenvalue weighted by Gasteiger charge is 2.55. The average Bonchev–Trinajstić information content (AvgIpc) is 3.16. The van der Waals surface area contributed by atoms with Crippen LogP contribution in [0.4, 0.5) is 32.0 Å². The molecule has 1 atom stereocenters. The summed E-state index contributed by atoms with van der Waals surface area (Å²) in [5, 5.41) is 17.0. The second-order valence-corrected chi connectivity index (χ2v) is 7.11. The number of aromatic nitrogens is 2. The number of anilines is 1. The number of benzene rings is 3. The molecule has 0 radical (unpaired) electrons. The summed E-state index contributed by atoms with van der Waals surface area (Å²) in [7, 11) is 0. The fourth-order valence-electron chi connectivity index (χ4n) is 3.33. The van der Waals surface area contributed by atoms with E-state index in [9.17, 15) is 31.4 Å². The van der Waals surface area contributed by atoms with E-state index in [0.717, 1.165) is 30.3 Å². The van der Waals surface area contributed by atoms with Crippen LogP contribution in [0.5, 0.6) is 0 Å². The van der Waals surface area contributed by atoms with Crippen molar-refractivity contribution in [2.45, 2.75) is 11.8 Å². The number of aliphatic hydroxyl groups is 1. The maximum atomic E-state index is 13.9. The van der Waals surface area contributed by atoms with E-state index in [1.165, 1.54) is 41.2 Å². The minimum atomic E-state index is -5.16. The number of nitrogens with one attached hydrogen (secondary N) is 1. The molecule has 4 nitrogen and oxygen atoms in total. The molecule has 0 saturated carbocycles. The molecule has 0 saturated heterocycles. The Balaban J connectivity index is 1.72. The molecule has 32 heavy (non-hydrogen) atoms. The molecule has 1 unspecified atom stereocenters. The number of halogens is 6. The highest BCUT2D eigenvalue weighted by atomic mass is 19.4. The van der Waals surface area contributed by atoms with Gasteiger partial charge in [-0.3, -0.25) is 0 Å². The van der Waals surface area contributed by atoms with Gasteiger partial charge >= 0.3 is 6.18 Å². The molecule has 0 bridgehead atoms. The van der Waals surface area contributed by atoms with Crippen molar-refractivity contribution in [3.05, 3.63) is 89.9 Å². The van der Waals surface area contributed by atoms with Crippen LogP contribution in [-0.4, -0.2) is 27.6 Å². The van der Waals surface area contributed by atoms with Gasteiger partial charge in [0.2, 0.25) is 5.60 Å². The first-order valence-electron chi connectivity index (χ1n) is 9.31. The van der Waals surface area contributed by atoms with Crippen LogP contribution in [0.1, 0.15) is 5.56 Å². The first kappa shape index (κ1) is 21.7. The Bertz CT molecular complexity index is 1250. The minimum Gasteiger partial charge on any atom is -0.377 e. The van der Waals surface area contributed by atoms with Crippen molar-refractivity contribution in [1.82, 2.24) is 9.78 Å². The van der Waals surface area contributed by atoms with Crippen molar-refractivity contribution in [3.63, 3.8) is 0 Å². The maximum Gasteiger partial charge on any atom is 0.423 e. The average molecular weight is 451 g/mol. The van der Waals surface area contributed by atoms with Crippen molar-refractivity contribution in [2.24, 2.45) is 0 Å². The van der Waals surface area contributed by atoms with Gasteiger partial charge in [0.25, 0.3) is 0 Å². The van der Waals surface area contributed by atoms with E-state index in [2.05, 4.69) is 5.10 Å². The zero-order valence-electron chi connectivity index (χ0n) is 16.2. The van der Waals surface area contributed by atoms with Gasteiger partial charge in [-0.15, -0.1) is 0 Å². The quantitative estimate of drug-likeness (QED) is 0.405. The Kier molecular flexibility index (Phi) is 5.33. The van der Waals surface area contributed by atoms with E-state index in [1.54, 1.807) is 0 Å². The monoisotopic (exact) mass is 451 g/mol. The van der Waals surface area contributed by atoms with Gasteiger partial charge in [0.15, 0.2) is 0 Å². The van der Waals surface area contributed by atoms with Crippen LogP contribution in [-0.2, 0) is 5.60 Å². The Labute approximate surface area is 177 Å². The third-order valence-electron chi connectivity index (χ3n) is 5.07. The van der Waals surface area contributed by atoms with E-state index in [0.29, 0.717) is 11.2 Å². The number of alkyl halides is 3. The lowest BCUT2D eigenvalue weighted by atomic mass is 9.92. The summed E-state index contributed by atoms with van der Waals surface area (Å²) in [6.45, 7) is -1.23. The summed E-state index contributed by atoms with van der Waals surface area (Å²) in [6, 6.07) is 11.6. The highest BCUT2D eigenvalue weighted by molar-refractivity contribution is 5.81. The minimum absolute atomic E-state index is 0.270. The Morgan fingerprint density at radius 2 is 1.56 bits per heavy atom. The first-order chi connectivity index (χ1) is 15.1. The predicted molar refractivity (Wildman–Crippen MR) is 106 cm³/mol. The molecule has 0 aliphatic carbocycles. The van der Waals surface area contributed by atoms with E-state index in [-0.39, 0.29) is 5.39 Å². The molecule has 3 aromatic carbocycles. The molecule has 0 spiro atoms. The molecule has 0 aliphatic rings. The largest absolute Gasteiger partial charge is 0.423 e. The maximum absolute atomic E-state index is 13.9. The van der Waals surface area contributed by atoms with Crippen molar-refractivity contribution in [3.8, 4) is 5.69 Å². The van der Waals surface area contributed by atoms with Crippen LogP contribution in [0.2, 0.25) is 0 Å². The third-order valence-corrected chi connectivity index (χ3v) is 5.07. The number of para-hydroxylation sites is 1. The summed E-state index contributed by atoms with van der Waals surface area (Å²) in [6.07, 6.45) is -3.87. The zero-order valence-corrected chi connectivity index (χ0v) is 16.2. The Hall–Kier alpha value is -3.53. The van der Waals surface area contributed by atoms with E-state index < -0.39 is 47.0 Å². The molecule has 1 heterocycles. The molecule has 0 fully saturated rings. The topological polar surface area (TPSA) is 50.1 Å². The number of hydrogen-bond acceptors (Lipinski definition) is 3.